The molecule has 0 amide bonds. The molecular formula is C15H13N5O2. The van der Waals surface area contributed by atoms with Crippen LogP contribution in [-0.4, -0.2) is 30.6 Å². The Bertz CT molecular complexity index is 828. The van der Waals surface area contributed by atoms with Crippen LogP contribution < -0.4 is 5.32 Å². The number of carboxylic acid groups (broad SMARTS) is 1. The number of aromatic carboxylic acids is 1. The average molecular weight is 295 g/mol. The van der Waals surface area contributed by atoms with Gasteiger partial charge < -0.3 is 10.4 Å². The van der Waals surface area contributed by atoms with Gasteiger partial charge in [0, 0.05) is 12.4 Å². The Morgan fingerprint density at radius 2 is 2.09 bits per heavy atom. The average Bonchev–Trinajstić information content (AvgIpc) is 2.97. The first-order valence-corrected chi connectivity index (χ1v) is 6.56. The van der Waals surface area contributed by atoms with Crippen LogP contribution >= 0.6 is 0 Å². The number of carboxylic acids is 1. The van der Waals surface area contributed by atoms with E-state index in [4.69, 9.17) is 5.11 Å². The van der Waals surface area contributed by atoms with Gasteiger partial charge in [0.05, 0.1) is 0 Å². The Balaban J connectivity index is 1.87. The van der Waals surface area contributed by atoms with Crippen molar-refractivity contribution in [3.8, 4) is 5.82 Å². The predicted octanol–water partition coefficient (Wildman–Crippen LogP) is 2.41. The number of imidazole rings is 1. The molecule has 0 aliphatic heterocycles. The van der Waals surface area contributed by atoms with E-state index in [-0.39, 0.29) is 5.69 Å². The van der Waals surface area contributed by atoms with Gasteiger partial charge in [0.2, 0.25) is 0 Å². The van der Waals surface area contributed by atoms with E-state index in [1.165, 1.54) is 12.5 Å². The maximum absolute atomic E-state index is 10.9. The third-order valence-corrected chi connectivity index (χ3v) is 2.97. The molecule has 3 aromatic heterocycles. The molecule has 0 spiro atoms. The van der Waals surface area contributed by atoms with Gasteiger partial charge in [-0.1, -0.05) is 6.07 Å². The summed E-state index contributed by atoms with van der Waals surface area (Å²) in [5.74, 6) is 0.803. The standard InChI is InChI=1S/C15H13N5O2/c1-10-5-6-16-13(7-10)18-12-3-2-4-14(19-12)20-8-11(15(21)22)17-9-20/h2-9H,1H3,(H,21,22)(H,16,18,19). The summed E-state index contributed by atoms with van der Waals surface area (Å²) in [4.78, 5) is 23.3. The minimum atomic E-state index is -1.07. The van der Waals surface area contributed by atoms with Crippen LogP contribution in [0.25, 0.3) is 5.82 Å². The summed E-state index contributed by atoms with van der Waals surface area (Å²) in [5, 5.41) is 12.0. The maximum atomic E-state index is 10.9. The molecule has 0 aliphatic rings. The van der Waals surface area contributed by atoms with Crippen LogP contribution in [0.4, 0.5) is 11.6 Å². The zero-order valence-electron chi connectivity index (χ0n) is 11.8. The summed E-state index contributed by atoms with van der Waals surface area (Å²) < 4.78 is 1.55. The number of carbonyl (C=O) groups is 1. The largest absolute Gasteiger partial charge is 0.476 e. The Kier molecular flexibility index (Phi) is 3.53. The molecule has 7 nitrogen and oxygen atoms in total. The lowest BCUT2D eigenvalue weighted by molar-refractivity contribution is 0.0691. The van der Waals surface area contributed by atoms with Gasteiger partial charge in [-0.3, -0.25) is 4.57 Å². The minimum Gasteiger partial charge on any atom is -0.476 e. The highest BCUT2D eigenvalue weighted by atomic mass is 16.4. The highest BCUT2D eigenvalue weighted by Gasteiger charge is 2.08. The second-order valence-electron chi connectivity index (χ2n) is 4.70. The van der Waals surface area contributed by atoms with Crippen molar-refractivity contribution >= 4 is 17.6 Å². The molecule has 0 fully saturated rings. The van der Waals surface area contributed by atoms with Crippen molar-refractivity contribution in [2.75, 3.05) is 5.32 Å². The van der Waals surface area contributed by atoms with Crippen LogP contribution in [0.5, 0.6) is 0 Å². The molecule has 0 radical (unpaired) electrons. The molecule has 0 saturated heterocycles. The summed E-state index contributed by atoms with van der Waals surface area (Å²) in [6, 6.07) is 9.22. The van der Waals surface area contributed by atoms with E-state index >= 15 is 0 Å². The Labute approximate surface area is 126 Å². The minimum absolute atomic E-state index is 0.0273. The highest BCUT2D eigenvalue weighted by molar-refractivity contribution is 5.85. The summed E-state index contributed by atoms with van der Waals surface area (Å²) in [5.41, 5.74) is 1.06. The van der Waals surface area contributed by atoms with Gasteiger partial charge in [0.25, 0.3) is 0 Å². The van der Waals surface area contributed by atoms with Crippen LogP contribution in [0.15, 0.2) is 49.1 Å². The van der Waals surface area contributed by atoms with Crippen molar-refractivity contribution in [3.63, 3.8) is 0 Å². The third-order valence-electron chi connectivity index (χ3n) is 2.97. The van der Waals surface area contributed by atoms with Crippen molar-refractivity contribution < 1.29 is 9.90 Å². The number of rotatable bonds is 4. The zero-order valence-corrected chi connectivity index (χ0v) is 11.8. The quantitative estimate of drug-likeness (QED) is 0.767. The van der Waals surface area contributed by atoms with E-state index in [0.717, 1.165) is 5.56 Å². The van der Waals surface area contributed by atoms with Crippen LogP contribution in [-0.2, 0) is 0 Å². The molecule has 110 valence electrons. The molecule has 0 aromatic carbocycles. The van der Waals surface area contributed by atoms with Gasteiger partial charge in [-0.15, -0.1) is 0 Å². The fraction of sp³-hybridized carbons (Fsp3) is 0.0667. The number of nitrogens with one attached hydrogen (secondary N) is 1. The lowest BCUT2D eigenvalue weighted by Gasteiger charge is -2.07. The molecule has 0 bridgehead atoms. The van der Waals surface area contributed by atoms with Gasteiger partial charge in [-0.2, -0.15) is 0 Å². The van der Waals surface area contributed by atoms with Crippen LogP contribution in [0.3, 0.4) is 0 Å². The van der Waals surface area contributed by atoms with E-state index in [9.17, 15) is 4.79 Å². The molecule has 7 heteroatoms. The molecule has 0 saturated carbocycles. The molecule has 2 N–H and O–H groups in total. The smallest absolute Gasteiger partial charge is 0.356 e. The molecule has 0 aliphatic carbocycles. The van der Waals surface area contributed by atoms with Crippen molar-refractivity contribution in [2.45, 2.75) is 6.92 Å². The van der Waals surface area contributed by atoms with E-state index < -0.39 is 5.97 Å². The van der Waals surface area contributed by atoms with E-state index in [2.05, 4.69) is 20.3 Å². The number of hydrogen-bond donors (Lipinski definition) is 2. The van der Waals surface area contributed by atoms with E-state index in [0.29, 0.717) is 17.5 Å². The first-order chi connectivity index (χ1) is 10.6. The van der Waals surface area contributed by atoms with Crippen molar-refractivity contribution in [1.82, 2.24) is 19.5 Å². The van der Waals surface area contributed by atoms with Crippen LogP contribution in [0.1, 0.15) is 16.1 Å². The summed E-state index contributed by atoms with van der Waals surface area (Å²) in [7, 11) is 0. The molecule has 0 unspecified atom stereocenters. The first kappa shape index (κ1) is 13.7. The van der Waals surface area contributed by atoms with Gasteiger partial charge in [-0.25, -0.2) is 19.7 Å². The monoisotopic (exact) mass is 295 g/mol. The Morgan fingerprint density at radius 1 is 1.23 bits per heavy atom. The second-order valence-corrected chi connectivity index (χ2v) is 4.70. The maximum Gasteiger partial charge on any atom is 0.356 e. The SMILES string of the molecule is Cc1ccnc(Nc2cccc(-n3cnc(C(=O)O)c3)n2)c1. The summed E-state index contributed by atoms with van der Waals surface area (Å²) in [6.07, 6.45) is 4.55. The topological polar surface area (TPSA) is 92.9 Å². The normalized spacial score (nSPS) is 10.4. The van der Waals surface area contributed by atoms with E-state index in [1.54, 1.807) is 16.8 Å². The fourth-order valence-corrected chi connectivity index (χ4v) is 1.93. The number of anilines is 2. The zero-order chi connectivity index (χ0) is 15.5. The van der Waals surface area contributed by atoms with Gasteiger partial charge >= 0.3 is 5.97 Å². The van der Waals surface area contributed by atoms with Crippen LogP contribution in [0.2, 0.25) is 0 Å². The molecule has 3 aromatic rings. The fourth-order valence-electron chi connectivity index (χ4n) is 1.93. The lowest BCUT2D eigenvalue weighted by atomic mass is 10.3. The van der Waals surface area contributed by atoms with E-state index in [1.807, 2.05) is 31.2 Å². The second kappa shape index (κ2) is 5.65. The molecule has 3 heterocycles. The molecular weight excluding hydrogens is 282 g/mol. The number of hydrogen-bond acceptors (Lipinski definition) is 5. The Hall–Kier alpha value is -3.22. The van der Waals surface area contributed by atoms with Gasteiger partial charge in [-0.05, 0) is 36.8 Å². The Morgan fingerprint density at radius 3 is 2.82 bits per heavy atom. The first-order valence-electron chi connectivity index (χ1n) is 6.56. The third kappa shape index (κ3) is 2.93. The predicted molar refractivity (Wildman–Crippen MR) is 80.6 cm³/mol. The van der Waals surface area contributed by atoms with Crippen molar-refractivity contribution in [2.24, 2.45) is 0 Å². The number of aromatic nitrogens is 4. The molecule has 22 heavy (non-hydrogen) atoms. The van der Waals surface area contributed by atoms with Crippen LogP contribution in [0, 0.1) is 6.92 Å². The number of nitrogens with zero attached hydrogens (tertiary/aromatic N) is 4. The highest BCUT2D eigenvalue weighted by Crippen LogP contribution is 2.15. The number of pyridine rings is 2. The van der Waals surface area contributed by atoms with Crippen molar-refractivity contribution in [1.29, 1.82) is 0 Å². The molecule has 3 rings (SSSR count). The lowest BCUT2D eigenvalue weighted by Crippen LogP contribution is -2.00. The number of aryl methyl sites for hydroxylation is 1. The summed E-state index contributed by atoms with van der Waals surface area (Å²) >= 11 is 0. The van der Waals surface area contributed by atoms with Gasteiger partial charge in [0.1, 0.15) is 23.8 Å². The summed E-state index contributed by atoms with van der Waals surface area (Å²) in [6.45, 7) is 1.98. The van der Waals surface area contributed by atoms with Crippen molar-refractivity contribution in [3.05, 3.63) is 60.3 Å². The molecule has 0 atom stereocenters. The van der Waals surface area contributed by atoms with Gasteiger partial charge in [0.15, 0.2) is 5.69 Å².